The fraction of sp³-hybridized carbons (Fsp3) is 0.533. The van der Waals surface area contributed by atoms with Crippen LogP contribution in [0.2, 0.25) is 0 Å². The van der Waals surface area contributed by atoms with Crippen molar-refractivity contribution >= 4 is 18.3 Å². The molecule has 1 atom stereocenters. The molecule has 0 spiro atoms. The monoisotopic (exact) mass is 298 g/mol. The molecule has 112 valence electrons. The molecule has 1 heterocycles. The van der Waals surface area contributed by atoms with Gasteiger partial charge in [0, 0.05) is 13.1 Å². The SMILES string of the molecule is CC(C)Oc1ccc(C(C)NC(=O)C2CNC2)cc1.Cl. The van der Waals surface area contributed by atoms with E-state index in [1.807, 2.05) is 45.0 Å². The van der Waals surface area contributed by atoms with Crippen LogP contribution in [-0.2, 0) is 4.79 Å². The van der Waals surface area contributed by atoms with Crippen LogP contribution >= 0.6 is 12.4 Å². The summed E-state index contributed by atoms with van der Waals surface area (Å²) in [6.07, 6.45) is 0.175. The molecular formula is C15H23ClN2O2. The zero-order valence-corrected chi connectivity index (χ0v) is 13.0. The molecule has 0 radical (unpaired) electrons. The Bertz CT molecular complexity index is 430. The average molecular weight is 299 g/mol. The molecule has 1 saturated heterocycles. The molecule has 1 amide bonds. The number of rotatable bonds is 5. The lowest BCUT2D eigenvalue weighted by Gasteiger charge is -2.27. The van der Waals surface area contributed by atoms with Crippen LogP contribution in [0.1, 0.15) is 32.4 Å². The van der Waals surface area contributed by atoms with Crippen LogP contribution in [0.3, 0.4) is 0 Å². The van der Waals surface area contributed by atoms with E-state index in [0.717, 1.165) is 24.4 Å². The lowest BCUT2D eigenvalue weighted by Crippen LogP contribution is -2.51. The van der Waals surface area contributed by atoms with Crippen molar-refractivity contribution in [3.63, 3.8) is 0 Å². The number of nitrogens with one attached hydrogen (secondary N) is 2. The van der Waals surface area contributed by atoms with Gasteiger partial charge in [0.1, 0.15) is 5.75 Å². The molecule has 1 aliphatic heterocycles. The lowest BCUT2D eigenvalue weighted by molar-refractivity contribution is -0.127. The van der Waals surface area contributed by atoms with Crippen molar-refractivity contribution in [2.24, 2.45) is 5.92 Å². The molecule has 4 nitrogen and oxygen atoms in total. The maximum atomic E-state index is 11.8. The Hall–Kier alpha value is -1.26. The molecule has 0 bridgehead atoms. The van der Waals surface area contributed by atoms with Crippen LogP contribution in [0, 0.1) is 5.92 Å². The van der Waals surface area contributed by atoms with E-state index in [2.05, 4.69) is 10.6 Å². The minimum absolute atomic E-state index is 0. The van der Waals surface area contributed by atoms with E-state index in [-0.39, 0.29) is 36.4 Å². The topological polar surface area (TPSA) is 50.4 Å². The molecule has 5 heteroatoms. The zero-order valence-electron chi connectivity index (χ0n) is 12.2. The second kappa shape index (κ2) is 7.50. The van der Waals surface area contributed by atoms with E-state index in [1.54, 1.807) is 0 Å². The van der Waals surface area contributed by atoms with Crippen LogP contribution in [0.4, 0.5) is 0 Å². The first kappa shape index (κ1) is 16.8. The fourth-order valence-corrected chi connectivity index (χ4v) is 2.00. The summed E-state index contributed by atoms with van der Waals surface area (Å²) in [6.45, 7) is 7.59. The number of amides is 1. The quantitative estimate of drug-likeness (QED) is 0.877. The first-order valence-electron chi connectivity index (χ1n) is 6.84. The van der Waals surface area contributed by atoms with Gasteiger partial charge < -0.3 is 15.4 Å². The number of hydrogen-bond donors (Lipinski definition) is 2. The standard InChI is InChI=1S/C15H22N2O2.ClH/c1-10(2)19-14-6-4-12(5-7-14)11(3)17-15(18)13-8-16-9-13;/h4-7,10-11,13,16H,8-9H2,1-3H3,(H,17,18);1H. The van der Waals surface area contributed by atoms with Gasteiger partial charge in [0.2, 0.25) is 5.91 Å². The Morgan fingerprint density at radius 1 is 1.25 bits per heavy atom. The van der Waals surface area contributed by atoms with Gasteiger partial charge >= 0.3 is 0 Å². The molecule has 0 saturated carbocycles. The van der Waals surface area contributed by atoms with Crippen molar-refractivity contribution in [1.29, 1.82) is 0 Å². The van der Waals surface area contributed by atoms with E-state index in [1.165, 1.54) is 0 Å². The molecule has 0 aliphatic carbocycles. The van der Waals surface area contributed by atoms with E-state index in [4.69, 9.17) is 4.74 Å². The Morgan fingerprint density at radius 2 is 1.85 bits per heavy atom. The highest BCUT2D eigenvalue weighted by atomic mass is 35.5. The smallest absolute Gasteiger partial charge is 0.226 e. The number of carbonyl (C=O) groups excluding carboxylic acids is 1. The van der Waals surface area contributed by atoms with Crippen LogP contribution in [0.15, 0.2) is 24.3 Å². The van der Waals surface area contributed by atoms with E-state index >= 15 is 0 Å². The van der Waals surface area contributed by atoms with Gasteiger partial charge in [0.05, 0.1) is 18.1 Å². The predicted octanol–water partition coefficient (Wildman–Crippen LogP) is 2.29. The molecule has 1 unspecified atom stereocenters. The first-order valence-corrected chi connectivity index (χ1v) is 6.84. The molecule has 1 aromatic rings. The maximum absolute atomic E-state index is 11.8. The Kier molecular flexibility index (Phi) is 6.30. The van der Waals surface area contributed by atoms with Crippen molar-refractivity contribution in [2.75, 3.05) is 13.1 Å². The average Bonchev–Trinajstić information content (AvgIpc) is 2.26. The molecular weight excluding hydrogens is 276 g/mol. The third kappa shape index (κ3) is 4.39. The summed E-state index contributed by atoms with van der Waals surface area (Å²) >= 11 is 0. The Morgan fingerprint density at radius 3 is 2.30 bits per heavy atom. The second-order valence-electron chi connectivity index (χ2n) is 5.32. The lowest BCUT2D eigenvalue weighted by atomic mass is 10.0. The number of benzene rings is 1. The van der Waals surface area contributed by atoms with Gasteiger partial charge in [-0.1, -0.05) is 12.1 Å². The Labute approximate surface area is 126 Å². The van der Waals surface area contributed by atoms with Crippen molar-refractivity contribution in [3.8, 4) is 5.75 Å². The maximum Gasteiger partial charge on any atom is 0.226 e. The Balaban J connectivity index is 0.00000200. The second-order valence-corrected chi connectivity index (χ2v) is 5.32. The number of ether oxygens (including phenoxy) is 1. The number of carbonyl (C=O) groups is 1. The highest BCUT2D eigenvalue weighted by Crippen LogP contribution is 2.19. The van der Waals surface area contributed by atoms with Crippen LogP contribution in [0.25, 0.3) is 0 Å². The van der Waals surface area contributed by atoms with Gasteiger partial charge in [-0.2, -0.15) is 0 Å². The summed E-state index contributed by atoms with van der Waals surface area (Å²) < 4.78 is 5.60. The van der Waals surface area contributed by atoms with Crippen LogP contribution in [-0.4, -0.2) is 25.1 Å². The molecule has 2 rings (SSSR count). The molecule has 1 aliphatic rings. The highest BCUT2D eigenvalue weighted by Gasteiger charge is 2.25. The van der Waals surface area contributed by atoms with Gasteiger partial charge in [0.15, 0.2) is 0 Å². The van der Waals surface area contributed by atoms with E-state index in [0.29, 0.717) is 0 Å². The van der Waals surface area contributed by atoms with E-state index in [9.17, 15) is 4.79 Å². The minimum Gasteiger partial charge on any atom is -0.491 e. The summed E-state index contributed by atoms with van der Waals surface area (Å²) in [6, 6.07) is 7.93. The number of hydrogen-bond acceptors (Lipinski definition) is 3. The van der Waals surface area contributed by atoms with Gasteiger partial charge in [-0.15, -0.1) is 12.4 Å². The molecule has 2 N–H and O–H groups in total. The highest BCUT2D eigenvalue weighted by molar-refractivity contribution is 5.85. The fourth-order valence-electron chi connectivity index (χ4n) is 2.00. The molecule has 1 aromatic carbocycles. The summed E-state index contributed by atoms with van der Waals surface area (Å²) in [5, 5.41) is 6.14. The first-order chi connectivity index (χ1) is 9.06. The van der Waals surface area contributed by atoms with Crippen molar-refractivity contribution < 1.29 is 9.53 Å². The van der Waals surface area contributed by atoms with Gasteiger partial charge in [0.25, 0.3) is 0 Å². The summed E-state index contributed by atoms with van der Waals surface area (Å²) in [7, 11) is 0. The van der Waals surface area contributed by atoms with Crippen molar-refractivity contribution in [1.82, 2.24) is 10.6 Å². The van der Waals surface area contributed by atoms with Crippen LogP contribution in [0.5, 0.6) is 5.75 Å². The van der Waals surface area contributed by atoms with Gasteiger partial charge in [-0.05, 0) is 38.5 Å². The van der Waals surface area contributed by atoms with E-state index < -0.39 is 0 Å². The predicted molar refractivity (Wildman–Crippen MR) is 82.4 cm³/mol. The molecule has 20 heavy (non-hydrogen) atoms. The summed E-state index contributed by atoms with van der Waals surface area (Å²) in [5.41, 5.74) is 1.09. The summed E-state index contributed by atoms with van der Waals surface area (Å²) in [4.78, 5) is 11.8. The largest absolute Gasteiger partial charge is 0.491 e. The van der Waals surface area contributed by atoms with Crippen LogP contribution < -0.4 is 15.4 Å². The summed E-state index contributed by atoms with van der Waals surface area (Å²) in [5.74, 6) is 1.13. The minimum atomic E-state index is 0. The normalized spacial score (nSPS) is 16.0. The zero-order chi connectivity index (χ0) is 13.8. The van der Waals surface area contributed by atoms with Crippen molar-refractivity contribution in [3.05, 3.63) is 29.8 Å². The van der Waals surface area contributed by atoms with Gasteiger partial charge in [-0.3, -0.25) is 4.79 Å². The van der Waals surface area contributed by atoms with Gasteiger partial charge in [-0.25, -0.2) is 0 Å². The number of halogens is 1. The third-order valence-corrected chi connectivity index (χ3v) is 3.26. The third-order valence-electron chi connectivity index (χ3n) is 3.26. The van der Waals surface area contributed by atoms with Crippen molar-refractivity contribution in [2.45, 2.75) is 32.9 Å². The molecule has 1 fully saturated rings. The molecule has 0 aromatic heterocycles.